The number of rotatable bonds is 3. The van der Waals surface area contributed by atoms with E-state index >= 15 is 0 Å². The molecule has 0 spiro atoms. The first-order chi connectivity index (χ1) is 16.5. The predicted octanol–water partition coefficient (Wildman–Crippen LogP) is 5.17. The Bertz CT molecular complexity index is 1280. The van der Waals surface area contributed by atoms with Crippen molar-refractivity contribution in [1.29, 1.82) is 0 Å². The van der Waals surface area contributed by atoms with E-state index in [1.165, 1.54) is 11.0 Å². The minimum absolute atomic E-state index is 0.0363. The van der Waals surface area contributed by atoms with E-state index in [-0.39, 0.29) is 18.4 Å². The Kier molecular flexibility index (Phi) is 6.28. The van der Waals surface area contributed by atoms with Gasteiger partial charge in [0, 0.05) is 24.2 Å². The fraction of sp³-hybridized carbons (Fsp3) is 0.259. The summed E-state index contributed by atoms with van der Waals surface area (Å²) in [6, 6.07) is 18.1. The van der Waals surface area contributed by atoms with E-state index in [4.69, 9.17) is 0 Å². The van der Waals surface area contributed by atoms with Crippen LogP contribution in [0.25, 0.3) is 0 Å². The van der Waals surface area contributed by atoms with Crippen LogP contribution in [0.15, 0.2) is 76.5 Å². The summed E-state index contributed by atoms with van der Waals surface area (Å²) in [5, 5.41) is 0. The van der Waals surface area contributed by atoms with Crippen LogP contribution in [0, 0.1) is 5.82 Å². The lowest BCUT2D eigenvalue weighted by Gasteiger charge is -2.25. The zero-order valence-corrected chi connectivity index (χ0v) is 19.5. The van der Waals surface area contributed by atoms with Gasteiger partial charge < -0.3 is 9.80 Å². The Morgan fingerprint density at radius 3 is 2.35 bits per heavy atom. The summed E-state index contributed by atoms with van der Waals surface area (Å²) >= 11 is 0. The number of carbonyl (C=O) groups excluding carboxylic acids is 2. The number of likely N-dealkylation sites (tertiary alicyclic amines) is 1. The van der Waals surface area contributed by atoms with Crippen molar-refractivity contribution in [3.63, 3.8) is 0 Å². The van der Waals surface area contributed by atoms with Crippen LogP contribution in [0.3, 0.4) is 0 Å². The zero-order chi connectivity index (χ0) is 23.7. The van der Waals surface area contributed by atoms with Crippen LogP contribution < -0.4 is 4.90 Å². The van der Waals surface area contributed by atoms with Crippen molar-refractivity contribution in [2.75, 3.05) is 18.0 Å². The van der Waals surface area contributed by atoms with Crippen LogP contribution in [-0.2, 0) is 17.3 Å². The number of anilines is 1. The second-order valence-electron chi connectivity index (χ2n) is 8.64. The van der Waals surface area contributed by atoms with Crippen molar-refractivity contribution in [2.45, 2.75) is 42.0 Å². The summed E-state index contributed by atoms with van der Waals surface area (Å²) in [5.41, 5.74) is 1.48. The Labute approximate surface area is 200 Å². The molecular weight excluding hydrogens is 451 g/mol. The Morgan fingerprint density at radius 2 is 1.59 bits per heavy atom. The second-order valence-corrected chi connectivity index (χ2v) is 10.1. The molecule has 3 aromatic rings. The summed E-state index contributed by atoms with van der Waals surface area (Å²) in [5.74, 6) is -0.895. The molecular formula is C27H25FN2O3S. The molecule has 1 saturated heterocycles. The Morgan fingerprint density at radius 1 is 0.882 bits per heavy atom. The molecule has 174 valence electrons. The van der Waals surface area contributed by atoms with Gasteiger partial charge in [-0.15, -0.1) is 0 Å². The van der Waals surface area contributed by atoms with Crippen molar-refractivity contribution in [1.82, 2.24) is 4.90 Å². The van der Waals surface area contributed by atoms with Gasteiger partial charge in [0.2, 0.25) is 0 Å². The van der Waals surface area contributed by atoms with Gasteiger partial charge >= 0.3 is 0 Å². The van der Waals surface area contributed by atoms with Crippen LogP contribution in [0.2, 0.25) is 0 Å². The molecule has 0 bridgehead atoms. The molecule has 1 atom stereocenters. The lowest BCUT2D eigenvalue weighted by Crippen LogP contribution is -2.33. The van der Waals surface area contributed by atoms with Crippen molar-refractivity contribution in [3.8, 4) is 0 Å². The molecule has 0 aromatic heterocycles. The lowest BCUT2D eigenvalue weighted by atomic mass is 10.1. The molecule has 1 unspecified atom stereocenters. The maximum absolute atomic E-state index is 14.6. The number of halogens is 1. The third kappa shape index (κ3) is 4.16. The number of carbonyl (C=O) groups is 2. The number of hydrogen-bond donors (Lipinski definition) is 0. The van der Waals surface area contributed by atoms with Crippen LogP contribution in [0.1, 0.15) is 52.0 Å². The number of amides is 2. The van der Waals surface area contributed by atoms with E-state index in [9.17, 15) is 18.2 Å². The van der Waals surface area contributed by atoms with Crippen molar-refractivity contribution in [2.24, 2.45) is 0 Å². The molecule has 0 radical (unpaired) electrons. The molecule has 34 heavy (non-hydrogen) atoms. The van der Waals surface area contributed by atoms with Gasteiger partial charge in [-0.25, -0.2) is 8.60 Å². The number of benzene rings is 3. The van der Waals surface area contributed by atoms with Crippen molar-refractivity contribution < 1.29 is 18.2 Å². The molecule has 0 saturated carbocycles. The predicted molar refractivity (Wildman–Crippen MR) is 129 cm³/mol. The smallest absolute Gasteiger partial charge is 0.259 e. The van der Waals surface area contributed by atoms with E-state index in [1.54, 1.807) is 60.7 Å². The van der Waals surface area contributed by atoms with Gasteiger partial charge in [-0.05, 0) is 49.2 Å². The first-order valence-electron chi connectivity index (χ1n) is 11.5. The molecule has 2 aliphatic heterocycles. The minimum atomic E-state index is -1.62. The van der Waals surface area contributed by atoms with E-state index in [0.717, 1.165) is 25.7 Å². The molecule has 3 aromatic carbocycles. The van der Waals surface area contributed by atoms with Crippen molar-refractivity contribution in [3.05, 3.63) is 89.2 Å². The first-order valence-corrected chi connectivity index (χ1v) is 12.7. The average molecular weight is 477 g/mol. The SMILES string of the molecule is O=C(c1ccc2c(c1)N(Cc1ccccc1F)C(=O)c1ccccc1S2=O)N1CCCCCC1. The van der Waals surface area contributed by atoms with Crippen LogP contribution in [0.4, 0.5) is 10.1 Å². The van der Waals surface area contributed by atoms with Gasteiger partial charge in [-0.1, -0.05) is 43.2 Å². The molecule has 1 fully saturated rings. The van der Waals surface area contributed by atoms with Gasteiger partial charge in [-0.2, -0.15) is 0 Å². The highest BCUT2D eigenvalue weighted by Crippen LogP contribution is 2.36. The molecule has 2 heterocycles. The van der Waals surface area contributed by atoms with Gasteiger partial charge in [0.25, 0.3) is 11.8 Å². The summed E-state index contributed by atoms with van der Waals surface area (Å²) in [6.07, 6.45) is 4.15. The van der Waals surface area contributed by atoms with E-state index in [0.29, 0.717) is 45.3 Å². The maximum atomic E-state index is 14.6. The summed E-state index contributed by atoms with van der Waals surface area (Å²) in [4.78, 5) is 31.1. The monoisotopic (exact) mass is 476 g/mol. The molecule has 0 N–H and O–H groups in total. The Balaban J connectivity index is 1.62. The fourth-order valence-corrected chi connectivity index (χ4v) is 5.95. The fourth-order valence-electron chi connectivity index (χ4n) is 4.61. The highest BCUT2D eigenvalue weighted by molar-refractivity contribution is 7.85. The van der Waals surface area contributed by atoms with Crippen LogP contribution in [-0.4, -0.2) is 34.0 Å². The largest absolute Gasteiger partial charge is 0.339 e. The minimum Gasteiger partial charge on any atom is -0.339 e. The quantitative estimate of drug-likeness (QED) is 0.524. The molecule has 2 aliphatic rings. The third-order valence-electron chi connectivity index (χ3n) is 6.44. The normalized spacial score (nSPS) is 18.0. The summed E-state index contributed by atoms with van der Waals surface area (Å²) < 4.78 is 28.1. The number of hydrogen-bond acceptors (Lipinski definition) is 3. The zero-order valence-electron chi connectivity index (χ0n) is 18.7. The molecule has 7 heteroatoms. The summed E-state index contributed by atoms with van der Waals surface area (Å²) in [6.45, 7) is 1.36. The first kappa shape index (κ1) is 22.5. The topological polar surface area (TPSA) is 57.7 Å². The summed E-state index contributed by atoms with van der Waals surface area (Å²) in [7, 11) is -1.62. The molecule has 0 aliphatic carbocycles. The standard InChI is InChI=1S/C27H25FN2O3S/c28-22-11-5-3-9-20(22)18-30-23-17-19(26(31)29-15-7-1-2-8-16-29)13-14-25(23)34(33)24-12-6-4-10-21(24)27(30)32/h3-6,9-14,17H,1-2,7-8,15-16,18H2. The maximum Gasteiger partial charge on any atom is 0.259 e. The third-order valence-corrected chi connectivity index (χ3v) is 7.94. The Hall–Kier alpha value is -3.32. The lowest BCUT2D eigenvalue weighted by molar-refractivity contribution is 0.0761. The van der Waals surface area contributed by atoms with E-state index < -0.39 is 16.6 Å². The average Bonchev–Trinajstić information content (AvgIpc) is 3.19. The van der Waals surface area contributed by atoms with Crippen molar-refractivity contribution >= 4 is 28.3 Å². The second kappa shape index (κ2) is 9.50. The van der Waals surface area contributed by atoms with Gasteiger partial charge in [0.05, 0.1) is 38.4 Å². The highest BCUT2D eigenvalue weighted by atomic mass is 32.2. The van der Waals surface area contributed by atoms with Gasteiger partial charge in [-0.3, -0.25) is 9.59 Å². The number of fused-ring (bicyclic) bond motifs is 2. The van der Waals surface area contributed by atoms with Gasteiger partial charge in [0.1, 0.15) is 5.82 Å². The van der Waals surface area contributed by atoms with Crippen LogP contribution in [0.5, 0.6) is 0 Å². The molecule has 2 amide bonds. The highest BCUT2D eigenvalue weighted by Gasteiger charge is 2.32. The van der Waals surface area contributed by atoms with E-state index in [1.807, 2.05) is 4.90 Å². The van der Waals surface area contributed by atoms with Gasteiger partial charge in [0.15, 0.2) is 0 Å². The number of nitrogens with zero attached hydrogens (tertiary/aromatic N) is 2. The molecule has 5 nitrogen and oxygen atoms in total. The van der Waals surface area contributed by atoms with E-state index in [2.05, 4.69) is 0 Å². The van der Waals surface area contributed by atoms with Crippen LogP contribution >= 0.6 is 0 Å². The molecule has 5 rings (SSSR count).